The molecule has 0 spiro atoms. The normalized spacial score (nSPS) is 12.4. The van der Waals surface area contributed by atoms with Gasteiger partial charge in [0.1, 0.15) is 0 Å². The van der Waals surface area contributed by atoms with Crippen LogP contribution in [-0.4, -0.2) is 47.4 Å². The van der Waals surface area contributed by atoms with Crippen LogP contribution in [0.1, 0.15) is 425 Å². The van der Waals surface area contributed by atoms with E-state index in [9.17, 15) is 19.8 Å². The maximum Gasteiger partial charge on any atom is 0.305 e. The average Bonchev–Trinajstić information content (AvgIpc) is 3.44. The molecule has 0 rings (SSSR count). The van der Waals surface area contributed by atoms with Crippen molar-refractivity contribution in [3.8, 4) is 0 Å². The number of carbonyl (C=O) groups excluding carboxylic acids is 2. The Morgan fingerprint density at radius 2 is 0.526 bits per heavy atom. The molecule has 0 saturated carbocycles. The number of rotatable bonds is 69. The molecule has 0 aliphatic rings. The van der Waals surface area contributed by atoms with Crippen molar-refractivity contribution < 1.29 is 24.5 Å². The fourth-order valence-electron chi connectivity index (χ4n) is 11.9. The molecule has 0 aromatic rings. The molecule has 0 saturated heterocycles. The van der Waals surface area contributed by atoms with Crippen LogP contribution in [0.4, 0.5) is 0 Å². The van der Waals surface area contributed by atoms with Gasteiger partial charge in [-0.05, 0) is 25.7 Å². The van der Waals surface area contributed by atoms with E-state index in [4.69, 9.17) is 4.74 Å². The van der Waals surface area contributed by atoms with Crippen molar-refractivity contribution in [2.75, 3.05) is 13.2 Å². The van der Waals surface area contributed by atoms with E-state index in [2.05, 4.69) is 19.2 Å². The Labute approximate surface area is 489 Å². The first-order chi connectivity index (χ1) is 38.5. The number of carbonyl (C=O) groups is 2. The molecule has 0 aromatic carbocycles. The average molecular weight is 1100 g/mol. The van der Waals surface area contributed by atoms with Crippen LogP contribution in [0.5, 0.6) is 0 Å². The molecule has 6 nitrogen and oxygen atoms in total. The number of amides is 1. The Morgan fingerprint density at radius 3 is 0.782 bits per heavy atom. The standard InChI is InChI=1S/C72H143NO5/c1-3-5-7-9-11-13-15-17-19-21-33-36-40-44-48-52-56-60-64-70(75)69(68-74)73-71(76)65-61-57-53-49-45-41-37-34-30-28-26-24-22-23-25-27-29-31-35-39-43-47-51-55-59-63-67-78-72(77)66-62-58-54-50-46-42-38-32-20-18-16-14-12-10-8-6-4-2/h69-70,74-75H,3-68H2,1-2H3,(H,73,76). The van der Waals surface area contributed by atoms with Crippen LogP contribution >= 0.6 is 0 Å². The summed E-state index contributed by atoms with van der Waals surface area (Å²) in [7, 11) is 0. The molecular weight excluding hydrogens is 959 g/mol. The lowest BCUT2D eigenvalue weighted by Gasteiger charge is -2.22. The van der Waals surface area contributed by atoms with Gasteiger partial charge in [0.05, 0.1) is 25.4 Å². The van der Waals surface area contributed by atoms with Crippen molar-refractivity contribution in [1.82, 2.24) is 5.32 Å². The molecule has 3 N–H and O–H groups in total. The lowest BCUT2D eigenvalue weighted by atomic mass is 10.0. The molecule has 0 aliphatic carbocycles. The highest BCUT2D eigenvalue weighted by Gasteiger charge is 2.20. The molecule has 0 fully saturated rings. The number of nitrogens with one attached hydrogen (secondary N) is 1. The minimum atomic E-state index is -0.662. The number of ether oxygens (including phenoxy) is 1. The second-order valence-electron chi connectivity index (χ2n) is 25.3. The third-order valence-electron chi connectivity index (χ3n) is 17.4. The molecule has 0 bridgehead atoms. The van der Waals surface area contributed by atoms with Gasteiger partial charge in [-0.3, -0.25) is 9.59 Å². The third kappa shape index (κ3) is 64.0. The van der Waals surface area contributed by atoms with E-state index in [0.717, 1.165) is 38.5 Å². The molecular formula is C72H143NO5. The summed E-state index contributed by atoms with van der Waals surface area (Å²) in [6.45, 7) is 5.01. The summed E-state index contributed by atoms with van der Waals surface area (Å²) in [5.41, 5.74) is 0. The van der Waals surface area contributed by atoms with Gasteiger partial charge in [-0.1, -0.05) is 386 Å². The van der Waals surface area contributed by atoms with Crippen molar-refractivity contribution in [1.29, 1.82) is 0 Å². The van der Waals surface area contributed by atoms with E-state index in [1.54, 1.807) is 0 Å². The number of aliphatic hydroxyl groups excluding tert-OH is 2. The van der Waals surface area contributed by atoms with E-state index >= 15 is 0 Å². The van der Waals surface area contributed by atoms with Crippen LogP contribution in [0.25, 0.3) is 0 Å². The molecule has 466 valence electrons. The van der Waals surface area contributed by atoms with E-state index in [1.165, 1.54) is 353 Å². The maximum atomic E-state index is 12.5. The minimum Gasteiger partial charge on any atom is -0.466 e. The van der Waals surface area contributed by atoms with Gasteiger partial charge in [0, 0.05) is 12.8 Å². The summed E-state index contributed by atoms with van der Waals surface area (Å²) in [6.07, 6.45) is 83.0. The van der Waals surface area contributed by atoms with E-state index < -0.39 is 12.1 Å². The summed E-state index contributed by atoms with van der Waals surface area (Å²) < 4.78 is 5.51. The number of hydrogen-bond donors (Lipinski definition) is 3. The summed E-state index contributed by atoms with van der Waals surface area (Å²) in [5.74, 6) is -0.00507. The highest BCUT2D eigenvalue weighted by Crippen LogP contribution is 2.20. The highest BCUT2D eigenvalue weighted by molar-refractivity contribution is 5.76. The zero-order chi connectivity index (χ0) is 56.4. The van der Waals surface area contributed by atoms with Gasteiger partial charge in [-0.2, -0.15) is 0 Å². The molecule has 6 heteroatoms. The van der Waals surface area contributed by atoms with Crippen molar-refractivity contribution >= 4 is 11.9 Å². The minimum absolute atomic E-state index is 0.0227. The first-order valence-corrected chi connectivity index (χ1v) is 36.3. The summed E-state index contributed by atoms with van der Waals surface area (Å²) in [4.78, 5) is 24.6. The van der Waals surface area contributed by atoms with Crippen molar-refractivity contribution in [3.05, 3.63) is 0 Å². The van der Waals surface area contributed by atoms with Gasteiger partial charge in [0.2, 0.25) is 5.91 Å². The second kappa shape index (κ2) is 68.4. The number of aliphatic hydroxyl groups is 2. The molecule has 0 radical (unpaired) electrons. The van der Waals surface area contributed by atoms with E-state index in [-0.39, 0.29) is 18.5 Å². The number of esters is 1. The quantitative estimate of drug-likeness (QED) is 0.0417. The summed E-state index contributed by atoms with van der Waals surface area (Å²) >= 11 is 0. The Morgan fingerprint density at radius 1 is 0.308 bits per heavy atom. The monoisotopic (exact) mass is 1100 g/mol. The van der Waals surface area contributed by atoms with Crippen molar-refractivity contribution in [2.45, 2.75) is 437 Å². The zero-order valence-corrected chi connectivity index (χ0v) is 53.4. The van der Waals surface area contributed by atoms with Gasteiger partial charge in [-0.25, -0.2) is 0 Å². The topological polar surface area (TPSA) is 95.9 Å². The fraction of sp³-hybridized carbons (Fsp3) is 0.972. The number of unbranched alkanes of at least 4 members (excludes halogenated alkanes) is 58. The van der Waals surface area contributed by atoms with Gasteiger partial charge >= 0.3 is 5.97 Å². The van der Waals surface area contributed by atoms with Gasteiger partial charge in [0.15, 0.2) is 0 Å². The van der Waals surface area contributed by atoms with Crippen LogP contribution in [0.3, 0.4) is 0 Å². The summed E-state index contributed by atoms with van der Waals surface area (Å²) in [6, 6.07) is -0.539. The molecule has 0 aromatic heterocycles. The van der Waals surface area contributed by atoms with Gasteiger partial charge in [-0.15, -0.1) is 0 Å². The van der Waals surface area contributed by atoms with Gasteiger partial charge in [0.25, 0.3) is 0 Å². The predicted octanol–water partition coefficient (Wildman–Crippen LogP) is 23.4. The SMILES string of the molecule is CCCCCCCCCCCCCCCCCCCCC(O)C(CO)NC(=O)CCCCCCCCCCCCCCCCCCCCCCCCCCCCOC(=O)CCCCCCCCCCCCCCCCCCC. The maximum absolute atomic E-state index is 12.5. The first kappa shape index (κ1) is 76.9. The van der Waals surface area contributed by atoms with Crippen molar-refractivity contribution in [3.63, 3.8) is 0 Å². The van der Waals surface area contributed by atoms with Crippen LogP contribution in [-0.2, 0) is 14.3 Å². The van der Waals surface area contributed by atoms with Crippen molar-refractivity contribution in [2.24, 2.45) is 0 Å². The predicted molar refractivity (Wildman–Crippen MR) is 343 cm³/mol. The highest BCUT2D eigenvalue weighted by atomic mass is 16.5. The smallest absolute Gasteiger partial charge is 0.305 e. The molecule has 1 amide bonds. The van der Waals surface area contributed by atoms with E-state index in [0.29, 0.717) is 25.9 Å². The largest absolute Gasteiger partial charge is 0.466 e. The Kier molecular flexibility index (Phi) is 67.4. The molecule has 2 unspecified atom stereocenters. The Balaban J connectivity index is 3.33. The zero-order valence-electron chi connectivity index (χ0n) is 53.4. The molecule has 0 aliphatic heterocycles. The first-order valence-electron chi connectivity index (χ1n) is 36.3. The fourth-order valence-corrected chi connectivity index (χ4v) is 11.9. The lowest BCUT2D eigenvalue weighted by Crippen LogP contribution is -2.45. The number of hydrogen-bond acceptors (Lipinski definition) is 5. The van der Waals surface area contributed by atoms with Crippen LogP contribution in [0.2, 0.25) is 0 Å². The third-order valence-corrected chi connectivity index (χ3v) is 17.4. The molecule has 0 heterocycles. The Hall–Kier alpha value is -1.14. The summed E-state index contributed by atoms with van der Waals surface area (Å²) in [5, 5.41) is 23.4. The second-order valence-corrected chi connectivity index (χ2v) is 25.3. The van der Waals surface area contributed by atoms with Crippen LogP contribution in [0, 0.1) is 0 Å². The van der Waals surface area contributed by atoms with Gasteiger partial charge < -0.3 is 20.3 Å². The van der Waals surface area contributed by atoms with Crippen LogP contribution in [0.15, 0.2) is 0 Å². The van der Waals surface area contributed by atoms with Crippen LogP contribution < -0.4 is 5.32 Å². The Bertz CT molecular complexity index is 1130. The lowest BCUT2D eigenvalue weighted by molar-refractivity contribution is -0.143. The molecule has 2 atom stereocenters. The van der Waals surface area contributed by atoms with E-state index in [1.807, 2.05) is 0 Å². The molecule has 78 heavy (non-hydrogen) atoms.